The summed E-state index contributed by atoms with van der Waals surface area (Å²) in [6, 6.07) is 0. The Hall–Kier alpha value is -0.850. The van der Waals surface area contributed by atoms with Crippen molar-refractivity contribution in [1.82, 2.24) is 13.7 Å². The van der Waals surface area contributed by atoms with Crippen LogP contribution in [0.25, 0.3) is 0 Å². The molecule has 13 heteroatoms. The molecule has 2 atom stereocenters. The lowest BCUT2D eigenvalue weighted by molar-refractivity contribution is -0.918. The minimum atomic E-state index is -4.04. The molecule has 168 valence electrons. The first-order valence-corrected chi connectivity index (χ1v) is 11.3. The molecule has 0 aromatic rings. The van der Waals surface area contributed by atoms with Crippen molar-refractivity contribution < 1.29 is 31.4 Å². The van der Waals surface area contributed by atoms with Crippen molar-refractivity contribution in [2.45, 2.75) is 51.2 Å². The van der Waals surface area contributed by atoms with Gasteiger partial charge in [-0.25, -0.2) is 17.8 Å². The van der Waals surface area contributed by atoms with Crippen molar-refractivity contribution in [1.29, 1.82) is 0 Å². The number of halogens is 2. The van der Waals surface area contributed by atoms with E-state index in [0.717, 1.165) is 8.84 Å². The summed E-state index contributed by atoms with van der Waals surface area (Å²) >= 11 is 11.9. The largest absolute Gasteiger partial charge is 0.434 e. The molecule has 0 aliphatic carbocycles. The van der Waals surface area contributed by atoms with Crippen LogP contribution in [0.4, 0.5) is 4.79 Å². The fraction of sp³-hybridized carbons (Fsp3) is 0.875. The number of carbonyl (C=O) groups is 2. The van der Waals surface area contributed by atoms with E-state index >= 15 is 0 Å². The van der Waals surface area contributed by atoms with Gasteiger partial charge in [-0.05, 0) is 27.7 Å². The van der Waals surface area contributed by atoms with E-state index in [0.29, 0.717) is 0 Å². The number of amides is 2. The van der Waals surface area contributed by atoms with Crippen molar-refractivity contribution in [2.24, 2.45) is 0 Å². The highest BCUT2D eigenvalue weighted by Crippen LogP contribution is 2.39. The van der Waals surface area contributed by atoms with Crippen LogP contribution < -0.4 is 0 Å². The standard InChI is InChI=1S/C16H29Cl2N4O6S/c1-15(2)13(23)21(18)16(3,4)20(15)8-9-29(25,26)28-12(22(5,6)7)11-10-19(17)14(24)27-11/h11-12H,8-10H2,1-7H3/q+1. The molecule has 0 bridgehead atoms. The third kappa shape index (κ3) is 4.75. The molecule has 2 heterocycles. The Morgan fingerprint density at radius 2 is 1.76 bits per heavy atom. The van der Waals surface area contributed by atoms with Crippen LogP contribution in [0.3, 0.4) is 0 Å². The lowest BCUT2D eigenvalue weighted by Crippen LogP contribution is -2.56. The van der Waals surface area contributed by atoms with E-state index < -0.39 is 39.7 Å². The highest BCUT2D eigenvalue weighted by Gasteiger charge is 2.56. The molecule has 0 aromatic heterocycles. The van der Waals surface area contributed by atoms with Gasteiger partial charge in [0.2, 0.25) is 12.3 Å². The molecule has 10 nitrogen and oxygen atoms in total. The van der Waals surface area contributed by atoms with Gasteiger partial charge in [0.1, 0.15) is 5.66 Å². The summed E-state index contributed by atoms with van der Waals surface area (Å²) in [6.07, 6.45) is -2.59. The molecular formula is C16H29Cl2N4O6S+. The van der Waals surface area contributed by atoms with Gasteiger partial charge < -0.3 is 9.22 Å². The summed E-state index contributed by atoms with van der Waals surface area (Å²) in [4.78, 5) is 25.7. The number of hydrogen-bond acceptors (Lipinski definition) is 7. The molecule has 2 unspecified atom stereocenters. The minimum absolute atomic E-state index is 0.00199. The van der Waals surface area contributed by atoms with Crippen molar-refractivity contribution in [3.8, 4) is 0 Å². The maximum atomic E-state index is 12.8. The Kier molecular flexibility index (Phi) is 6.47. The molecule has 2 fully saturated rings. The molecule has 2 saturated heterocycles. The van der Waals surface area contributed by atoms with E-state index in [-0.39, 0.29) is 29.2 Å². The van der Waals surface area contributed by atoms with Gasteiger partial charge in [0.15, 0.2) is 0 Å². The molecule has 2 amide bonds. The zero-order valence-electron chi connectivity index (χ0n) is 17.7. The number of cyclic esters (lactones) is 1. The quantitative estimate of drug-likeness (QED) is 0.235. The summed E-state index contributed by atoms with van der Waals surface area (Å²) in [5.74, 6) is -0.689. The summed E-state index contributed by atoms with van der Waals surface area (Å²) in [5.41, 5.74) is -1.85. The smallest absolute Gasteiger partial charge is 0.425 e. The Morgan fingerprint density at radius 1 is 1.21 bits per heavy atom. The topological polar surface area (TPSA) is 96.5 Å². The van der Waals surface area contributed by atoms with Crippen LogP contribution in [-0.2, 0) is 23.8 Å². The number of quaternary nitrogens is 1. The van der Waals surface area contributed by atoms with Gasteiger partial charge in [-0.3, -0.25) is 9.69 Å². The second-order valence-corrected chi connectivity index (χ2v) is 11.6. The SMILES string of the molecule is CC1(C)C(=O)N(Cl)C(C)(C)N1CCS(=O)(=O)OC(C1CN(Cl)C(=O)O1)[N+](C)(C)C. The maximum absolute atomic E-state index is 12.8. The molecule has 0 aromatic carbocycles. The van der Waals surface area contributed by atoms with Gasteiger partial charge in [0.25, 0.3) is 16.0 Å². The Labute approximate surface area is 182 Å². The van der Waals surface area contributed by atoms with E-state index in [1.54, 1.807) is 53.7 Å². The van der Waals surface area contributed by atoms with E-state index in [9.17, 15) is 18.0 Å². The summed E-state index contributed by atoms with van der Waals surface area (Å²) in [5, 5.41) is 0. The third-order valence-corrected chi connectivity index (χ3v) is 7.22. The molecule has 2 aliphatic heterocycles. The van der Waals surface area contributed by atoms with Crippen LogP contribution in [-0.4, -0.2) is 102 Å². The first-order chi connectivity index (χ1) is 12.9. The lowest BCUT2D eigenvalue weighted by atomic mass is 10.0. The maximum Gasteiger partial charge on any atom is 0.425 e. The van der Waals surface area contributed by atoms with Crippen LogP contribution >= 0.6 is 23.6 Å². The summed E-state index contributed by atoms with van der Waals surface area (Å²) in [7, 11) is 1.13. The van der Waals surface area contributed by atoms with E-state index in [1.807, 2.05) is 0 Å². The van der Waals surface area contributed by atoms with Crippen molar-refractivity contribution in [3.63, 3.8) is 0 Å². The number of hydrogen-bond donors (Lipinski definition) is 0. The molecule has 0 saturated carbocycles. The number of likely N-dealkylation sites (N-methyl/N-ethyl adjacent to an activating group) is 1. The molecule has 0 radical (unpaired) electrons. The van der Waals surface area contributed by atoms with E-state index in [4.69, 9.17) is 32.5 Å². The highest BCUT2D eigenvalue weighted by atomic mass is 35.5. The second kappa shape index (κ2) is 7.69. The van der Waals surface area contributed by atoms with Crippen LogP contribution in [0, 0.1) is 0 Å². The molecule has 2 rings (SSSR count). The van der Waals surface area contributed by atoms with Crippen LogP contribution in [0.5, 0.6) is 0 Å². The molecule has 0 spiro atoms. The zero-order chi connectivity index (χ0) is 22.6. The second-order valence-electron chi connectivity index (χ2n) is 9.12. The Morgan fingerprint density at radius 3 is 2.14 bits per heavy atom. The van der Waals surface area contributed by atoms with Crippen LogP contribution in [0.1, 0.15) is 27.7 Å². The number of carbonyl (C=O) groups excluding carboxylic acids is 2. The summed E-state index contributed by atoms with van der Waals surface area (Å²) < 4.78 is 38.1. The molecule has 0 N–H and O–H groups in total. The average molecular weight is 476 g/mol. The first-order valence-electron chi connectivity index (χ1n) is 9.05. The monoisotopic (exact) mass is 475 g/mol. The minimum Gasteiger partial charge on any atom is -0.434 e. The molecule has 29 heavy (non-hydrogen) atoms. The number of nitrogens with zero attached hydrogens (tertiary/aromatic N) is 4. The lowest BCUT2D eigenvalue weighted by Gasteiger charge is -2.38. The highest BCUT2D eigenvalue weighted by molar-refractivity contribution is 7.86. The van der Waals surface area contributed by atoms with Gasteiger partial charge in [0, 0.05) is 30.1 Å². The van der Waals surface area contributed by atoms with Crippen LogP contribution in [0.15, 0.2) is 0 Å². The van der Waals surface area contributed by atoms with Gasteiger partial charge in [-0.2, -0.15) is 8.42 Å². The predicted octanol–water partition coefficient (Wildman–Crippen LogP) is 1.15. The number of rotatable bonds is 7. The van der Waals surface area contributed by atoms with Crippen molar-refractivity contribution in [3.05, 3.63) is 0 Å². The van der Waals surface area contributed by atoms with Crippen LogP contribution in [0.2, 0.25) is 0 Å². The molecule has 2 aliphatic rings. The van der Waals surface area contributed by atoms with Gasteiger partial charge in [-0.1, -0.05) is 0 Å². The normalized spacial score (nSPS) is 26.2. The zero-order valence-corrected chi connectivity index (χ0v) is 20.0. The van der Waals surface area contributed by atoms with Gasteiger partial charge >= 0.3 is 6.09 Å². The van der Waals surface area contributed by atoms with Crippen molar-refractivity contribution in [2.75, 3.05) is 40.0 Å². The van der Waals surface area contributed by atoms with Gasteiger partial charge in [-0.15, -0.1) is 0 Å². The first kappa shape index (κ1) is 24.4. The fourth-order valence-electron chi connectivity index (χ4n) is 3.64. The number of ether oxygens (including phenoxy) is 1. The Balaban J connectivity index is 2.16. The summed E-state index contributed by atoms with van der Waals surface area (Å²) in [6.45, 7) is 6.87. The predicted molar refractivity (Wildman–Crippen MR) is 107 cm³/mol. The molecular weight excluding hydrogens is 447 g/mol. The van der Waals surface area contributed by atoms with E-state index in [2.05, 4.69) is 0 Å². The fourth-order valence-corrected chi connectivity index (χ4v) is 5.30. The average Bonchev–Trinajstić information content (AvgIpc) is 2.92. The van der Waals surface area contributed by atoms with E-state index in [1.165, 1.54) is 0 Å². The Bertz CT molecular complexity index is 783. The van der Waals surface area contributed by atoms with Crippen molar-refractivity contribution >= 4 is 45.7 Å². The van der Waals surface area contributed by atoms with Gasteiger partial charge in [0.05, 0.1) is 39.0 Å². The third-order valence-electron chi connectivity index (χ3n) is 5.20.